The van der Waals surface area contributed by atoms with Gasteiger partial charge in [-0.2, -0.15) is 0 Å². The summed E-state index contributed by atoms with van der Waals surface area (Å²) in [5.74, 6) is -0.764. The summed E-state index contributed by atoms with van der Waals surface area (Å²) < 4.78 is 13.4. The first-order valence-electron chi connectivity index (χ1n) is 6.59. The van der Waals surface area contributed by atoms with Crippen LogP contribution in [0, 0.1) is 5.82 Å². The van der Waals surface area contributed by atoms with E-state index in [0.717, 1.165) is 6.42 Å². The minimum absolute atomic E-state index is 0.104. The van der Waals surface area contributed by atoms with E-state index in [9.17, 15) is 14.0 Å². The Morgan fingerprint density at radius 1 is 1.30 bits per heavy atom. The van der Waals surface area contributed by atoms with Gasteiger partial charge in [-0.1, -0.05) is 11.6 Å². The average molecular weight is 297 g/mol. The van der Waals surface area contributed by atoms with Gasteiger partial charge in [0.25, 0.3) is 5.91 Å². The summed E-state index contributed by atoms with van der Waals surface area (Å²) in [7, 11) is 0. The Morgan fingerprint density at radius 2 is 2.05 bits per heavy atom. The number of hydrogen-bond acceptors (Lipinski definition) is 2. The number of nitrogens with zero attached hydrogens (tertiary/aromatic N) is 2. The van der Waals surface area contributed by atoms with Crippen molar-refractivity contribution in [1.82, 2.24) is 4.90 Å². The molecular weight excluding hydrogens is 283 g/mol. The summed E-state index contributed by atoms with van der Waals surface area (Å²) in [5.41, 5.74) is 0.268. The highest BCUT2D eigenvalue weighted by atomic mass is 35.5. The first-order valence-corrected chi connectivity index (χ1v) is 6.97. The predicted octanol–water partition coefficient (Wildman–Crippen LogP) is 2.21. The molecule has 2 fully saturated rings. The van der Waals surface area contributed by atoms with Crippen molar-refractivity contribution < 1.29 is 14.0 Å². The van der Waals surface area contributed by atoms with Gasteiger partial charge in [0.2, 0.25) is 5.91 Å². The van der Waals surface area contributed by atoms with E-state index in [2.05, 4.69) is 0 Å². The Morgan fingerprint density at radius 3 is 2.80 bits per heavy atom. The molecule has 2 amide bonds. The summed E-state index contributed by atoms with van der Waals surface area (Å²) in [6.45, 7) is 2.26. The van der Waals surface area contributed by atoms with Crippen LogP contribution in [0.5, 0.6) is 0 Å². The van der Waals surface area contributed by atoms with E-state index >= 15 is 0 Å². The van der Waals surface area contributed by atoms with E-state index < -0.39 is 17.9 Å². The Balaban J connectivity index is 2.05. The smallest absolute Gasteiger partial charge is 0.250 e. The van der Waals surface area contributed by atoms with Crippen LogP contribution in [-0.2, 0) is 9.59 Å². The summed E-state index contributed by atoms with van der Waals surface area (Å²) >= 11 is 6.07. The molecule has 0 bridgehead atoms. The molecular formula is C14H14ClFN2O2. The van der Waals surface area contributed by atoms with Crippen molar-refractivity contribution in [1.29, 1.82) is 0 Å². The van der Waals surface area contributed by atoms with Gasteiger partial charge >= 0.3 is 0 Å². The van der Waals surface area contributed by atoms with Crippen molar-refractivity contribution in [2.24, 2.45) is 0 Å². The Hall–Kier alpha value is -1.62. The van der Waals surface area contributed by atoms with Crippen molar-refractivity contribution >= 4 is 29.1 Å². The summed E-state index contributed by atoms with van der Waals surface area (Å²) in [6.07, 6.45) is 1.47. The van der Waals surface area contributed by atoms with E-state index in [1.807, 2.05) is 0 Å². The van der Waals surface area contributed by atoms with Crippen molar-refractivity contribution in [3.63, 3.8) is 0 Å². The molecule has 20 heavy (non-hydrogen) atoms. The highest BCUT2D eigenvalue weighted by Gasteiger charge is 2.46. The molecule has 1 aromatic carbocycles. The molecule has 0 aliphatic carbocycles. The molecule has 0 N–H and O–H groups in total. The lowest BCUT2D eigenvalue weighted by atomic mass is 10.0. The van der Waals surface area contributed by atoms with Crippen LogP contribution in [0.25, 0.3) is 0 Å². The highest BCUT2D eigenvalue weighted by Crippen LogP contribution is 2.34. The second kappa shape index (κ2) is 4.74. The van der Waals surface area contributed by atoms with Crippen LogP contribution in [0.4, 0.5) is 10.1 Å². The number of carbonyl (C=O) groups is 2. The first kappa shape index (κ1) is 13.4. The van der Waals surface area contributed by atoms with E-state index in [1.54, 1.807) is 11.8 Å². The van der Waals surface area contributed by atoms with E-state index in [-0.39, 0.29) is 22.5 Å². The van der Waals surface area contributed by atoms with Crippen LogP contribution >= 0.6 is 11.6 Å². The molecule has 2 unspecified atom stereocenters. The van der Waals surface area contributed by atoms with E-state index in [0.29, 0.717) is 13.0 Å². The van der Waals surface area contributed by atoms with Crippen molar-refractivity contribution in [2.75, 3.05) is 11.4 Å². The van der Waals surface area contributed by atoms with Crippen molar-refractivity contribution in [3.05, 3.63) is 29.0 Å². The summed E-state index contributed by atoms with van der Waals surface area (Å²) in [5, 5.41) is 0.269. The van der Waals surface area contributed by atoms with Crippen LogP contribution in [-0.4, -0.2) is 35.3 Å². The molecule has 2 saturated heterocycles. The number of benzene rings is 1. The number of amides is 2. The Bertz CT molecular complexity index is 593. The van der Waals surface area contributed by atoms with Gasteiger partial charge in [0.1, 0.15) is 17.9 Å². The van der Waals surface area contributed by atoms with E-state index in [1.165, 1.54) is 23.1 Å². The third-order valence-corrected chi connectivity index (χ3v) is 4.29. The monoisotopic (exact) mass is 296 g/mol. The van der Waals surface area contributed by atoms with Gasteiger partial charge in [-0.25, -0.2) is 4.39 Å². The molecule has 2 heterocycles. The van der Waals surface area contributed by atoms with Crippen molar-refractivity contribution in [2.45, 2.75) is 31.8 Å². The normalized spacial score (nSPS) is 26.1. The zero-order valence-electron chi connectivity index (χ0n) is 11.0. The average Bonchev–Trinajstić information content (AvgIpc) is 2.90. The SMILES string of the molecule is CC1C(=O)N2CCCC2C(=O)N1c1cc(F)ccc1Cl. The first-order chi connectivity index (χ1) is 9.50. The molecule has 0 aromatic heterocycles. The molecule has 0 saturated carbocycles. The molecule has 3 rings (SSSR count). The fourth-order valence-electron chi connectivity index (χ4n) is 2.99. The maximum absolute atomic E-state index is 13.4. The molecule has 2 aliphatic heterocycles. The predicted molar refractivity (Wildman–Crippen MR) is 73.1 cm³/mol. The largest absolute Gasteiger partial charge is 0.329 e. The molecule has 0 radical (unpaired) electrons. The standard InChI is InChI=1S/C14H14ClFN2O2/c1-8-13(19)17-6-2-3-11(17)14(20)18(8)12-7-9(16)4-5-10(12)15/h4-5,7-8,11H,2-3,6H2,1H3. The second-order valence-corrected chi connectivity index (χ2v) is 5.58. The van der Waals surface area contributed by atoms with Crippen LogP contribution in [0.15, 0.2) is 18.2 Å². The fraction of sp³-hybridized carbons (Fsp3) is 0.429. The van der Waals surface area contributed by atoms with Crippen LogP contribution in [0.1, 0.15) is 19.8 Å². The number of rotatable bonds is 1. The Labute approximate surface area is 121 Å². The lowest BCUT2D eigenvalue weighted by molar-refractivity contribution is -0.143. The number of carbonyl (C=O) groups excluding carboxylic acids is 2. The highest BCUT2D eigenvalue weighted by molar-refractivity contribution is 6.34. The van der Waals surface area contributed by atoms with Gasteiger partial charge in [0.05, 0.1) is 10.7 Å². The maximum atomic E-state index is 13.4. The molecule has 106 valence electrons. The minimum Gasteiger partial charge on any atom is -0.329 e. The second-order valence-electron chi connectivity index (χ2n) is 5.17. The number of piperazine rings is 1. The zero-order chi connectivity index (χ0) is 14.4. The molecule has 0 spiro atoms. The quantitative estimate of drug-likeness (QED) is 0.797. The number of anilines is 1. The number of halogens is 2. The molecule has 2 aliphatic rings. The van der Waals surface area contributed by atoms with E-state index in [4.69, 9.17) is 11.6 Å². The molecule has 6 heteroatoms. The number of fused-ring (bicyclic) bond motifs is 1. The topological polar surface area (TPSA) is 40.6 Å². The number of hydrogen-bond donors (Lipinski definition) is 0. The maximum Gasteiger partial charge on any atom is 0.250 e. The third-order valence-electron chi connectivity index (χ3n) is 3.97. The summed E-state index contributed by atoms with van der Waals surface area (Å²) in [4.78, 5) is 27.9. The van der Waals surface area contributed by atoms with Crippen LogP contribution in [0.3, 0.4) is 0 Å². The molecule has 4 nitrogen and oxygen atoms in total. The third kappa shape index (κ3) is 1.88. The van der Waals surface area contributed by atoms with Crippen LogP contribution < -0.4 is 4.90 Å². The molecule has 1 aromatic rings. The summed E-state index contributed by atoms with van der Waals surface area (Å²) in [6, 6.07) is 2.75. The minimum atomic E-state index is -0.656. The van der Waals surface area contributed by atoms with Gasteiger partial charge in [-0.15, -0.1) is 0 Å². The Kier molecular flexibility index (Phi) is 3.17. The van der Waals surface area contributed by atoms with Crippen LogP contribution in [0.2, 0.25) is 5.02 Å². The zero-order valence-corrected chi connectivity index (χ0v) is 11.7. The van der Waals surface area contributed by atoms with Gasteiger partial charge in [0.15, 0.2) is 0 Å². The van der Waals surface area contributed by atoms with Crippen molar-refractivity contribution in [3.8, 4) is 0 Å². The lowest BCUT2D eigenvalue weighted by Gasteiger charge is -2.41. The molecule has 2 atom stereocenters. The van der Waals surface area contributed by atoms with Gasteiger partial charge in [-0.3, -0.25) is 14.5 Å². The van der Waals surface area contributed by atoms with Gasteiger partial charge in [0, 0.05) is 6.54 Å². The van der Waals surface area contributed by atoms with Gasteiger partial charge < -0.3 is 4.90 Å². The lowest BCUT2D eigenvalue weighted by Crippen LogP contribution is -2.62. The fourth-order valence-corrected chi connectivity index (χ4v) is 3.20. The van der Waals surface area contributed by atoms with Gasteiger partial charge in [-0.05, 0) is 38.0 Å².